The molecule has 1 aliphatic carbocycles. The van der Waals surface area contributed by atoms with Crippen molar-refractivity contribution in [3.8, 4) is 28.7 Å². The lowest BCUT2D eigenvalue weighted by atomic mass is 9.86. The van der Waals surface area contributed by atoms with Crippen LogP contribution in [-0.4, -0.2) is 93.6 Å². The Hall–Kier alpha value is -8.59. The quantitative estimate of drug-likeness (QED) is 0.0352. The van der Waals surface area contributed by atoms with Crippen molar-refractivity contribution < 1.29 is 34.6 Å². The van der Waals surface area contributed by atoms with Crippen LogP contribution < -0.4 is 18.9 Å². The molecule has 0 aliphatic heterocycles. The molecule has 10 aromatic rings. The smallest absolute Gasteiger partial charge is 0.224 e. The number of alkyl halides is 2. The second-order valence-corrected chi connectivity index (χ2v) is 31.6. The van der Waals surface area contributed by atoms with Crippen LogP contribution in [0.2, 0.25) is 0 Å². The first kappa shape index (κ1) is 93.6. The number of halogens is 2. The number of nitrogens with zero attached hydrogens (tertiary/aromatic N) is 8. The van der Waals surface area contributed by atoms with Gasteiger partial charge in [-0.25, -0.2) is 16.5 Å². The van der Waals surface area contributed by atoms with Crippen molar-refractivity contribution in [2.24, 2.45) is 5.41 Å². The van der Waals surface area contributed by atoms with E-state index in [2.05, 4.69) is 225 Å². The van der Waals surface area contributed by atoms with Crippen LogP contribution in [0.1, 0.15) is 219 Å². The molecule has 0 atom stereocenters. The zero-order chi connectivity index (χ0) is 78.8. The van der Waals surface area contributed by atoms with Crippen molar-refractivity contribution >= 4 is 55.7 Å². The maximum absolute atomic E-state index is 8.89. The molecule has 0 bridgehead atoms. The molecule has 15 nitrogen and oxygen atoms in total. The summed E-state index contributed by atoms with van der Waals surface area (Å²) in [5.74, 6) is 4.22. The van der Waals surface area contributed by atoms with Crippen LogP contribution in [0.5, 0.6) is 28.7 Å². The number of unbranched alkanes of at least 4 members (excludes halogenated alkanes) is 4. The van der Waals surface area contributed by atoms with Crippen LogP contribution in [0, 0.1) is 25.8 Å². The van der Waals surface area contributed by atoms with E-state index in [1.165, 1.54) is 70.4 Å². The van der Waals surface area contributed by atoms with Crippen LogP contribution in [-0.2, 0) is 36.2 Å². The molecule has 0 radical (unpaired) electrons. The van der Waals surface area contributed by atoms with Crippen molar-refractivity contribution in [3.63, 3.8) is 0 Å². The lowest BCUT2D eigenvalue weighted by Crippen LogP contribution is -2.18. The standard InChI is InChI=1S/C22H28N2O.C21H26N2O2.C16H23NO.C10H15NO.C7H7Cl.C6H7NO.C5H9N.C4H9Br.H2O/c1-5-6-12-25-19-13-18-14-20(22(2,3)4)24(21(18)23-15-19)16-17-10-8-7-9-11-17;1-21(2,3)19-13-17-12-18(25-11-7-10-24)14-22-20(17)23(19)15-16-8-5-4-6-9-16;1-5-6-7-18-14-9-12-8-13(16(2,3)4)10-15(12)17-11-14;1-3-4-5-12-10-6-9(2)7-11-8-10;8-6-7-4-2-1-3-5-7;1-5-2-6(8)4-7-3-5;1-5(2,3)6-4;1-2-3-4-5;/h7-11,13-15H,5-6,12,16H2,1-4H3;4-6,8-9,12-14,24H,7,10-11,15H2,1-3H3;8-9,11H,5-7,10H2,1-4H3;6-8H,3-5H2,1-2H3;1-5H,6H2;2-4,8H,1H3;1-3H3;2-4H2,1H3;1H2. The van der Waals surface area contributed by atoms with Gasteiger partial charge in [0, 0.05) is 110 Å². The van der Waals surface area contributed by atoms with Gasteiger partial charge >= 0.3 is 0 Å². The maximum atomic E-state index is 8.89. The van der Waals surface area contributed by atoms with Crippen LogP contribution in [0.4, 0.5) is 0 Å². The highest BCUT2D eigenvalue weighted by Gasteiger charge is 2.26. The van der Waals surface area contributed by atoms with Crippen molar-refractivity contribution in [2.75, 3.05) is 38.4 Å². The van der Waals surface area contributed by atoms with E-state index in [1.54, 1.807) is 24.7 Å². The van der Waals surface area contributed by atoms with E-state index in [1.807, 2.05) is 102 Å². The molecular weight excluding hydrogens is 1430 g/mol. The Labute approximate surface area is 661 Å². The number of allylic oxidation sites excluding steroid dienone is 1. The summed E-state index contributed by atoms with van der Waals surface area (Å²) in [5.41, 5.74) is 14.4. The van der Waals surface area contributed by atoms with Gasteiger partial charge in [-0.05, 0) is 121 Å². The summed E-state index contributed by atoms with van der Waals surface area (Å²) in [5, 5.41) is 21.0. The summed E-state index contributed by atoms with van der Waals surface area (Å²) < 4.78 is 27.3. The summed E-state index contributed by atoms with van der Waals surface area (Å²) in [6.07, 6.45) is 25.4. The Balaban J connectivity index is 0.000000340. The number of aromatic nitrogens is 7. The van der Waals surface area contributed by atoms with Crippen LogP contribution in [0.25, 0.3) is 33.0 Å². The minimum absolute atomic E-state index is 0. The summed E-state index contributed by atoms with van der Waals surface area (Å²) in [6.45, 7) is 49.5. The molecule has 0 amide bonds. The largest absolute Gasteiger partial charge is 0.506 e. The number of aromatic hydroxyl groups is 1. The minimum atomic E-state index is -0.167. The maximum Gasteiger partial charge on any atom is 0.224 e. The Kier molecular flexibility index (Phi) is 42.9. The Morgan fingerprint density at radius 1 is 0.491 bits per heavy atom. The van der Waals surface area contributed by atoms with Crippen LogP contribution in [0.3, 0.4) is 0 Å². The number of ether oxygens (including phenoxy) is 4. The van der Waals surface area contributed by atoms with E-state index < -0.39 is 0 Å². The van der Waals surface area contributed by atoms with E-state index in [9.17, 15) is 0 Å². The summed E-state index contributed by atoms with van der Waals surface area (Å²) >= 11 is 8.84. The molecule has 108 heavy (non-hydrogen) atoms. The molecule has 0 saturated heterocycles. The molecule has 586 valence electrons. The number of benzene rings is 3. The third-order valence-electron chi connectivity index (χ3n) is 16.4. The van der Waals surface area contributed by atoms with Gasteiger partial charge in [0.2, 0.25) is 5.54 Å². The van der Waals surface area contributed by atoms with E-state index in [0.717, 1.165) is 133 Å². The van der Waals surface area contributed by atoms with E-state index in [-0.39, 0.29) is 39.6 Å². The van der Waals surface area contributed by atoms with Gasteiger partial charge in [0.25, 0.3) is 0 Å². The number of rotatable bonds is 23. The van der Waals surface area contributed by atoms with Crippen molar-refractivity contribution in [1.82, 2.24) is 34.1 Å². The van der Waals surface area contributed by atoms with Crippen LogP contribution in [0.15, 0.2) is 182 Å². The lowest BCUT2D eigenvalue weighted by Gasteiger charge is -2.22. The van der Waals surface area contributed by atoms with Crippen molar-refractivity contribution in [3.05, 3.63) is 244 Å². The molecule has 0 fully saturated rings. The first-order valence-corrected chi connectivity index (χ1v) is 39.6. The summed E-state index contributed by atoms with van der Waals surface area (Å²) in [7, 11) is 0. The summed E-state index contributed by atoms with van der Waals surface area (Å²) in [4.78, 5) is 25.0. The fourth-order valence-electron chi connectivity index (χ4n) is 10.3. The van der Waals surface area contributed by atoms with Gasteiger partial charge in [-0.15, -0.1) is 11.6 Å². The number of fused-ring (bicyclic) bond motifs is 3. The number of pyridine rings is 5. The van der Waals surface area contributed by atoms with Gasteiger partial charge in [0.1, 0.15) is 40.0 Å². The van der Waals surface area contributed by atoms with E-state index in [0.29, 0.717) is 18.9 Å². The van der Waals surface area contributed by atoms with Gasteiger partial charge in [-0.2, -0.15) is 0 Å². The molecular formula is C91H126BrClN8O7. The third-order valence-corrected chi connectivity index (χ3v) is 17.2. The molecule has 3 aromatic carbocycles. The molecule has 4 N–H and O–H groups in total. The zero-order valence-corrected chi connectivity index (χ0v) is 70.5. The van der Waals surface area contributed by atoms with Crippen molar-refractivity contribution in [2.45, 2.75) is 224 Å². The topological polar surface area (TPSA) is 188 Å². The zero-order valence-electron chi connectivity index (χ0n) is 68.1. The molecule has 1 aliphatic rings. The Bertz CT molecular complexity index is 4030. The lowest BCUT2D eigenvalue weighted by molar-refractivity contribution is 0.233. The minimum Gasteiger partial charge on any atom is -0.506 e. The molecule has 11 rings (SSSR count). The second-order valence-electron chi connectivity index (χ2n) is 30.6. The molecule has 0 unspecified atom stereocenters. The number of aliphatic hydroxyl groups is 1. The molecule has 0 spiro atoms. The fraction of sp³-hybridized carbons (Fsp3) is 0.451. The number of hydrogen-bond donors (Lipinski definition) is 2. The second kappa shape index (κ2) is 49.5. The average Bonchev–Trinajstić information content (AvgIpc) is 1.63. The third kappa shape index (κ3) is 35.6. The monoisotopic (exact) mass is 1560 g/mol. The van der Waals surface area contributed by atoms with Crippen LogP contribution >= 0.6 is 27.5 Å². The average molecular weight is 1560 g/mol. The number of hydrogen-bond acceptors (Lipinski definition) is 11. The highest BCUT2D eigenvalue weighted by molar-refractivity contribution is 9.09. The first-order valence-electron chi connectivity index (χ1n) is 38.0. The van der Waals surface area contributed by atoms with E-state index in [4.69, 9.17) is 52.3 Å². The van der Waals surface area contributed by atoms with Gasteiger partial charge in [0.05, 0.1) is 63.1 Å². The normalized spacial score (nSPS) is 11.3. The molecule has 7 heterocycles. The van der Waals surface area contributed by atoms with Gasteiger partial charge in [-0.3, -0.25) is 15.0 Å². The highest BCUT2D eigenvalue weighted by atomic mass is 79.9. The highest BCUT2D eigenvalue weighted by Crippen LogP contribution is 2.37. The van der Waals surface area contributed by atoms with Crippen molar-refractivity contribution in [1.29, 1.82) is 0 Å². The first-order chi connectivity index (χ1) is 51.0. The Morgan fingerprint density at radius 3 is 1.21 bits per heavy atom. The number of aryl methyl sites for hydroxylation is 2. The SMILES string of the molecule is CC(C)(C)c1cc2cc(OCCCO)cnc2n1Cc1ccccc1.CCCCBr.CCCCOc1cnc2c(c1)C=C(C(C)(C)C)C2.CCCCOc1cnc2c(c1)cc(C(C)(C)C)n2Cc1ccccc1.CCCCOc1cncc(C)c1.Cc1cncc(O)c1.ClCc1ccccc1.O.[C-]#[N+]C(C)(C)C. The van der Waals surface area contributed by atoms with E-state index >= 15 is 0 Å². The number of aliphatic hydroxyl groups excluding tert-OH is 1. The molecule has 17 heteroatoms. The van der Waals surface area contributed by atoms with Gasteiger partial charge < -0.3 is 48.6 Å². The Morgan fingerprint density at radius 2 is 0.880 bits per heavy atom. The van der Waals surface area contributed by atoms with Gasteiger partial charge in [-0.1, -0.05) is 234 Å². The predicted octanol–water partition coefficient (Wildman–Crippen LogP) is 23.1. The fourth-order valence-corrected chi connectivity index (χ4v) is 11.1. The predicted molar refractivity (Wildman–Crippen MR) is 456 cm³/mol. The molecule has 7 aromatic heterocycles. The molecule has 0 saturated carbocycles. The summed E-state index contributed by atoms with van der Waals surface area (Å²) in [6, 6.07) is 45.4. The van der Waals surface area contributed by atoms with Gasteiger partial charge in [0.15, 0.2) is 0 Å².